The first-order valence-corrected chi connectivity index (χ1v) is 9.14. The molecule has 2 N–H and O–H groups in total. The van der Waals surface area contributed by atoms with Crippen LogP contribution in [0.4, 0.5) is 4.39 Å². The van der Waals surface area contributed by atoms with Crippen LogP contribution >= 0.6 is 0 Å². The molecule has 3 aromatic rings. The fourth-order valence-corrected chi connectivity index (χ4v) is 3.21. The standard InChI is InChI=1S/C22H20FNO6/c1-14-18(22(27)30-28)24(11-12-25)19(16-7-9-17(23)10-8-16)21(20(14)26)29-13-15-5-3-2-4-6-15/h2-10,25,28H,11-13H2,1H3. The number of pyridine rings is 1. The zero-order valence-electron chi connectivity index (χ0n) is 16.2. The second kappa shape index (κ2) is 9.34. The minimum absolute atomic E-state index is 0.0172. The van der Waals surface area contributed by atoms with Crippen LogP contribution in [-0.4, -0.2) is 27.5 Å². The van der Waals surface area contributed by atoms with Crippen LogP contribution in [0.15, 0.2) is 59.4 Å². The SMILES string of the molecule is Cc1c(C(=O)OO)n(CCO)c(-c2ccc(F)cc2)c(OCc2ccccc2)c1=O. The van der Waals surface area contributed by atoms with Crippen LogP contribution in [0.25, 0.3) is 11.3 Å². The Morgan fingerprint density at radius 1 is 1.10 bits per heavy atom. The van der Waals surface area contributed by atoms with E-state index in [0.29, 0.717) is 5.56 Å². The van der Waals surface area contributed by atoms with Crippen molar-refractivity contribution in [3.05, 3.63) is 87.5 Å². The van der Waals surface area contributed by atoms with Crippen molar-refractivity contribution in [2.24, 2.45) is 0 Å². The molecule has 0 aliphatic rings. The summed E-state index contributed by atoms with van der Waals surface area (Å²) in [5.74, 6) is -1.70. The summed E-state index contributed by atoms with van der Waals surface area (Å²) in [6, 6.07) is 14.4. The summed E-state index contributed by atoms with van der Waals surface area (Å²) in [6.45, 7) is 0.999. The monoisotopic (exact) mass is 413 g/mol. The predicted octanol–water partition coefficient (Wildman–Crippen LogP) is 3.16. The van der Waals surface area contributed by atoms with Crippen LogP contribution in [0.2, 0.25) is 0 Å². The van der Waals surface area contributed by atoms with Crippen molar-refractivity contribution in [3.63, 3.8) is 0 Å². The largest absolute Gasteiger partial charge is 0.483 e. The van der Waals surface area contributed by atoms with Crippen LogP contribution in [0, 0.1) is 12.7 Å². The molecule has 1 aromatic heterocycles. The Morgan fingerprint density at radius 3 is 2.37 bits per heavy atom. The van der Waals surface area contributed by atoms with Gasteiger partial charge in [0.2, 0.25) is 5.43 Å². The van der Waals surface area contributed by atoms with Gasteiger partial charge in [0.05, 0.1) is 12.3 Å². The third-order valence-corrected chi connectivity index (χ3v) is 4.60. The molecule has 2 aromatic carbocycles. The van der Waals surface area contributed by atoms with Gasteiger partial charge >= 0.3 is 5.97 Å². The lowest BCUT2D eigenvalue weighted by molar-refractivity contribution is -0.183. The number of carbonyl (C=O) groups excluding carboxylic acids is 1. The molecule has 30 heavy (non-hydrogen) atoms. The van der Waals surface area contributed by atoms with Crippen molar-refractivity contribution in [2.45, 2.75) is 20.1 Å². The molecular weight excluding hydrogens is 393 g/mol. The third kappa shape index (κ3) is 4.24. The van der Waals surface area contributed by atoms with Gasteiger partial charge in [-0.05, 0) is 36.8 Å². The lowest BCUT2D eigenvalue weighted by atomic mass is 10.0. The van der Waals surface area contributed by atoms with E-state index in [9.17, 15) is 19.1 Å². The van der Waals surface area contributed by atoms with Crippen molar-refractivity contribution < 1.29 is 29.2 Å². The van der Waals surface area contributed by atoms with Gasteiger partial charge in [0.1, 0.15) is 18.1 Å². The highest BCUT2D eigenvalue weighted by atomic mass is 19.1. The normalized spacial score (nSPS) is 10.7. The molecule has 8 heteroatoms. The minimum atomic E-state index is -1.16. The van der Waals surface area contributed by atoms with Crippen molar-refractivity contribution in [2.75, 3.05) is 6.61 Å². The van der Waals surface area contributed by atoms with Crippen molar-refractivity contribution in [1.29, 1.82) is 0 Å². The molecule has 0 aliphatic carbocycles. The van der Waals surface area contributed by atoms with Crippen molar-refractivity contribution >= 4 is 5.97 Å². The van der Waals surface area contributed by atoms with Gasteiger partial charge in [0.15, 0.2) is 5.75 Å². The van der Waals surface area contributed by atoms with E-state index in [1.165, 1.54) is 35.8 Å². The molecule has 0 spiro atoms. The zero-order chi connectivity index (χ0) is 21.7. The molecule has 1 heterocycles. The van der Waals surface area contributed by atoms with E-state index >= 15 is 0 Å². The third-order valence-electron chi connectivity index (χ3n) is 4.60. The topological polar surface area (TPSA) is 98.0 Å². The molecule has 0 fully saturated rings. The number of aliphatic hydroxyl groups excluding tert-OH is 1. The molecule has 0 amide bonds. The van der Waals surface area contributed by atoms with Crippen LogP contribution in [0.1, 0.15) is 21.6 Å². The molecule has 0 unspecified atom stereocenters. The van der Waals surface area contributed by atoms with E-state index in [-0.39, 0.29) is 42.5 Å². The van der Waals surface area contributed by atoms with Gasteiger partial charge in [-0.3, -0.25) is 9.68 Å². The van der Waals surface area contributed by atoms with Gasteiger partial charge in [-0.1, -0.05) is 30.3 Å². The summed E-state index contributed by atoms with van der Waals surface area (Å²) in [5, 5.41) is 18.5. The van der Waals surface area contributed by atoms with Crippen LogP contribution in [0.3, 0.4) is 0 Å². The summed E-state index contributed by atoms with van der Waals surface area (Å²) in [7, 11) is 0. The van der Waals surface area contributed by atoms with E-state index in [4.69, 9.17) is 9.99 Å². The Labute approximate surface area is 171 Å². The molecule has 0 atom stereocenters. The van der Waals surface area contributed by atoms with Gasteiger partial charge in [0.25, 0.3) is 0 Å². The van der Waals surface area contributed by atoms with Crippen LogP contribution in [-0.2, 0) is 18.0 Å². The Bertz CT molecular complexity index is 1090. The Kier molecular flexibility index (Phi) is 6.61. The average molecular weight is 413 g/mol. The number of benzene rings is 2. The summed E-state index contributed by atoms with van der Waals surface area (Å²) < 4.78 is 20.7. The van der Waals surface area contributed by atoms with Gasteiger partial charge in [-0.15, -0.1) is 0 Å². The zero-order valence-corrected chi connectivity index (χ0v) is 16.2. The van der Waals surface area contributed by atoms with Gasteiger partial charge in [-0.2, -0.15) is 5.26 Å². The second-order valence-electron chi connectivity index (χ2n) is 6.52. The molecule has 3 rings (SSSR count). The number of hydrogen-bond acceptors (Lipinski definition) is 6. The number of carbonyl (C=O) groups is 1. The summed E-state index contributed by atoms with van der Waals surface area (Å²) in [5.41, 5.74) is 0.527. The predicted molar refractivity (Wildman–Crippen MR) is 107 cm³/mol. The van der Waals surface area contributed by atoms with Gasteiger partial charge in [-0.25, -0.2) is 9.18 Å². The average Bonchev–Trinajstić information content (AvgIpc) is 2.76. The lowest BCUT2D eigenvalue weighted by Gasteiger charge is -2.22. The highest BCUT2D eigenvalue weighted by Gasteiger charge is 2.27. The number of aromatic nitrogens is 1. The fraction of sp³-hybridized carbons (Fsp3) is 0.182. The van der Waals surface area contributed by atoms with E-state index in [1.807, 2.05) is 30.3 Å². The van der Waals surface area contributed by atoms with E-state index in [2.05, 4.69) is 4.89 Å². The highest BCUT2D eigenvalue weighted by Crippen LogP contribution is 2.31. The fourth-order valence-electron chi connectivity index (χ4n) is 3.21. The first kappa shape index (κ1) is 21.2. The number of nitrogens with zero attached hydrogens (tertiary/aromatic N) is 1. The maximum atomic E-state index is 13.5. The Balaban J connectivity index is 2.26. The first-order valence-electron chi connectivity index (χ1n) is 9.14. The maximum Gasteiger partial charge on any atom is 0.389 e. The molecule has 0 radical (unpaired) electrons. The Morgan fingerprint density at radius 2 is 1.77 bits per heavy atom. The molecule has 0 bridgehead atoms. The summed E-state index contributed by atoms with van der Waals surface area (Å²) in [4.78, 5) is 29.1. The number of ether oxygens (including phenoxy) is 1. The van der Waals surface area contributed by atoms with Gasteiger partial charge < -0.3 is 14.4 Å². The minimum Gasteiger partial charge on any atom is -0.483 e. The molecule has 7 nitrogen and oxygen atoms in total. The van der Waals surface area contributed by atoms with Crippen LogP contribution < -0.4 is 10.2 Å². The molecule has 156 valence electrons. The van der Waals surface area contributed by atoms with Gasteiger partial charge in [0, 0.05) is 17.7 Å². The summed E-state index contributed by atoms with van der Waals surface area (Å²) >= 11 is 0. The quantitative estimate of drug-likeness (QED) is 0.456. The highest BCUT2D eigenvalue weighted by molar-refractivity contribution is 5.90. The van der Waals surface area contributed by atoms with Crippen LogP contribution in [0.5, 0.6) is 5.75 Å². The number of halogens is 1. The van der Waals surface area contributed by atoms with E-state index < -0.39 is 17.2 Å². The second-order valence-corrected chi connectivity index (χ2v) is 6.52. The van der Waals surface area contributed by atoms with Crippen molar-refractivity contribution in [1.82, 2.24) is 4.57 Å². The first-order chi connectivity index (χ1) is 14.5. The van der Waals surface area contributed by atoms with E-state index in [0.717, 1.165) is 5.56 Å². The Hall–Kier alpha value is -3.49. The molecule has 0 saturated heterocycles. The van der Waals surface area contributed by atoms with E-state index in [1.54, 1.807) is 0 Å². The van der Waals surface area contributed by atoms with Crippen molar-refractivity contribution in [3.8, 4) is 17.0 Å². The number of rotatable bonds is 7. The molecule has 0 aliphatic heterocycles. The number of hydrogen-bond donors (Lipinski definition) is 2. The molecular formula is C22H20FNO6. The maximum absolute atomic E-state index is 13.5. The summed E-state index contributed by atoms with van der Waals surface area (Å²) in [6.07, 6.45) is 0. The lowest BCUT2D eigenvalue weighted by Crippen LogP contribution is -2.26. The number of aliphatic hydroxyl groups is 1. The smallest absolute Gasteiger partial charge is 0.389 e. The molecule has 0 saturated carbocycles.